The summed E-state index contributed by atoms with van der Waals surface area (Å²) >= 11 is 0. The summed E-state index contributed by atoms with van der Waals surface area (Å²) < 4.78 is 0. The molecule has 0 aliphatic carbocycles. The highest BCUT2D eigenvalue weighted by Gasteiger charge is 2.25. The highest BCUT2D eigenvalue weighted by atomic mass is 15.2. The quantitative estimate of drug-likeness (QED) is 0.506. The number of nitrogens with zero attached hydrogens (tertiary/aromatic N) is 1. The normalized spacial score (nSPS) is 18.3. The Balaban J connectivity index is 0. The van der Waals surface area contributed by atoms with Crippen molar-refractivity contribution in [3.63, 3.8) is 0 Å². The van der Waals surface area contributed by atoms with Gasteiger partial charge in [-0.05, 0) is 40.3 Å². The van der Waals surface area contributed by atoms with Crippen molar-refractivity contribution in [1.82, 2.24) is 4.90 Å². The number of rotatable bonds is 0. The lowest BCUT2D eigenvalue weighted by atomic mass is 10.0. The van der Waals surface area contributed by atoms with E-state index < -0.39 is 0 Å². The Kier molecular flexibility index (Phi) is 5.01. The lowest BCUT2D eigenvalue weighted by Crippen LogP contribution is -2.49. The molecule has 0 unspecified atom stereocenters. The molecule has 10 heavy (non-hydrogen) atoms. The van der Waals surface area contributed by atoms with E-state index >= 15 is 0 Å². The Bertz CT molecular complexity index is 77.2. The van der Waals surface area contributed by atoms with Gasteiger partial charge in [-0.3, -0.25) is 4.90 Å². The molecular formula is C9H23N. The molecule has 1 aliphatic rings. The predicted octanol–water partition coefficient (Wildman–Crippen LogP) is 2.76. The molecule has 0 radical (unpaired) electrons. The summed E-state index contributed by atoms with van der Waals surface area (Å²) in [5.74, 6) is 0. The van der Waals surface area contributed by atoms with Crippen LogP contribution in [0.4, 0.5) is 0 Å². The van der Waals surface area contributed by atoms with E-state index in [1.165, 1.54) is 19.5 Å². The minimum absolute atomic E-state index is 0. The van der Waals surface area contributed by atoms with Crippen molar-refractivity contribution in [3.8, 4) is 0 Å². The van der Waals surface area contributed by atoms with E-state index in [4.69, 9.17) is 0 Å². The maximum atomic E-state index is 2.49. The van der Waals surface area contributed by atoms with Gasteiger partial charge in [0.15, 0.2) is 0 Å². The van der Waals surface area contributed by atoms with E-state index in [0.29, 0.717) is 5.54 Å². The van der Waals surface area contributed by atoms with Gasteiger partial charge < -0.3 is 0 Å². The van der Waals surface area contributed by atoms with Gasteiger partial charge in [0.25, 0.3) is 0 Å². The van der Waals surface area contributed by atoms with Gasteiger partial charge in [-0.1, -0.05) is 14.9 Å². The Morgan fingerprint density at radius 3 is 1.40 bits per heavy atom. The molecule has 0 atom stereocenters. The highest BCUT2D eigenvalue weighted by molar-refractivity contribution is 4.81. The van der Waals surface area contributed by atoms with Crippen molar-refractivity contribution < 1.29 is 0 Å². The van der Waals surface area contributed by atoms with Crippen molar-refractivity contribution in [1.29, 1.82) is 0 Å². The predicted molar refractivity (Wildman–Crippen MR) is 49.4 cm³/mol. The first-order valence-electron chi connectivity index (χ1n) is 3.36. The van der Waals surface area contributed by atoms with Gasteiger partial charge in [0.05, 0.1) is 0 Å². The lowest BCUT2D eigenvalue weighted by Gasteiger charge is -2.42. The number of likely N-dealkylation sites (tertiary alicyclic amines) is 1. The Morgan fingerprint density at radius 2 is 1.40 bits per heavy atom. The summed E-state index contributed by atoms with van der Waals surface area (Å²) in [5, 5.41) is 0. The average molecular weight is 145 g/mol. The minimum Gasteiger partial charge on any atom is -0.298 e. The second-order valence-electron chi connectivity index (χ2n) is 3.51. The standard InChI is InChI=1S/C7H15N.2CH4/c1-7(2,3)8-5-4-6-8;;/h4-6H2,1-3H3;2*1H4. The fraction of sp³-hybridized carbons (Fsp3) is 1.00. The molecule has 1 heterocycles. The van der Waals surface area contributed by atoms with Crippen LogP contribution in [0.2, 0.25) is 0 Å². The SMILES string of the molecule is C.C.CC(C)(C)N1CCC1. The van der Waals surface area contributed by atoms with E-state index in [0.717, 1.165) is 0 Å². The van der Waals surface area contributed by atoms with E-state index in [2.05, 4.69) is 25.7 Å². The zero-order valence-electron chi connectivity index (χ0n) is 6.07. The molecule has 1 saturated heterocycles. The summed E-state index contributed by atoms with van der Waals surface area (Å²) in [6, 6.07) is 0. The van der Waals surface area contributed by atoms with Crippen LogP contribution < -0.4 is 0 Å². The van der Waals surface area contributed by atoms with Crippen molar-refractivity contribution >= 4 is 0 Å². The molecule has 0 bridgehead atoms. The van der Waals surface area contributed by atoms with Gasteiger partial charge in [-0.15, -0.1) is 0 Å². The summed E-state index contributed by atoms with van der Waals surface area (Å²) in [5.41, 5.74) is 0.429. The third-order valence-electron chi connectivity index (χ3n) is 1.80. The average Bonchev–Trinajstić information content (AvgIpc) is 1.16. The molecule has 64 valence electrons. The third-order valence-corrected chi connectivity index (χ3v) is 1.80. The molecule has 0 aromatic heterocycles. The van der Waals surface area contributed by atoms with Crippen LogP contribution in [-0.2, 0) is 0 Å². The van der Waals surface area contributed by atoms with E-state index in [9.17, 15) is 0 Å². The highest BCUT2D eigenvalue weighted by Crippen LogP contribution is 2.19. The maximum absolute atomic E-state index is 2.49. The van der Waals surface area contributed by atoms with Crippen molar-refractivity contribution in [2.45, 2.75) is 47.6 Å². The molecule has 0 aromatic rings. The molecule has 0 aromatic carbocycles. The van der Waals surface area contributed by atoms with Gasteiger partial charge in [-0.25, -0.2) is 0 Å². The molecule has 1 aliphatic heterocycles. The van der Waals surface area contributed by atoms with Gasteiger partial charge in [0.1, 0.15) is 0 Å². The first-order valence-corrected chi connectivity index (χ1v) is 3.36. The Hall–Kier alpha value is -0.0400. The van der Waals surface area contributed by atoms with Crippen molar-refractivity contribution in [2.24, 2.45) is 0 Å². The van der Waals surface area contributed by atoms with Gasteiger partial charge in [-0.2, -0.15) is 0 Å². The largest absolute Gasteiger partial charge is 0.298 e. The molecule has 0 spiro atoms. The zero-order chi connectivity index (χ0) is 6.20. The number of hydrogen-bond acceptors (Lipinski definition) is 1. The zero-order valence-corrected chi connectivity index (χ0v) is 6.07. The Morgan fingerprint density at radius 1 is 1.00 bits per heavy atom. The third kappa shape index (κ3) is 2.70. The molecule has 1 heteroatoms. The summed E-state index contributed by atoms with van der Waals surface area (Å²) in [6.07, 6.45) is 1.40. The minimum atomic E-state index is 0. The van der Waals surface area contributed by atoms with Crippen LogP contribution in [0.5, 0.6) is 0 Å². The second-order valence-corrected chi connectivity index (χ2v) is 3.51. The molecule has 1 fully saturated rings. The topological polar surface area (TPSA) is 3.24 Å². The monoisotopic (exact) mass is 145 g/mol. The van der Waals surface area contributed by atoms with Crippen LogP contribution in [0, 0.1) is 0 Å². The van der Waals surface area contributed by atoms with Crippen molar-refractivity contribution in [3.05, 3.63) is 0 Å². The van der Waals surface area contributed by atoms with E-state index in [-0.39, 0.29) is 14.9 Å². The molecular weight excluding hydrogens is 122 g/mol. The Labute approximate surface area is 66.4 Å². The second kappa shape index (κ2) is 3.97. The van der Waals surface area contributed by atoms with Crippen molar-refractivity contribution in [2.75, 3.05) is 13.1 Å². The van der Waals surface area contributed by atoms with Crippen LogP contribution in [0.15, 0.2) is 0 Å². The van der Waals surface area contributed by atoms with Crippen LogP contribution in [0.1, 0.15) is 42.0 Å². The fourth-order valence-corrected chi connectivity index (χ4v) is 0.987. The summed E-state index contributed by atoms with van der Waals surface area (Å²) in [7, 11) is 0. The van der Waals surface area contributed by atoms with Gasteiger partial charge >= 0.3 is 0 Å². The summed E-state index contributed by atoms with van der Waals surface area (Å²) in [6.45, 7) is 9.43. The van der Waals surface area contributed by atoms with E-state index in [1.54, 1.807) is 0 Å². The van der Waals surface area contributed by atoms with Crippen LogP contribution in [0.3, 0.4) is 0 Å². The molecule has 1 rings (SSSR count). The first-order chi connectivity index (χ1) is 3.61. The van der Waals surface area contributed by atoms with E-state index in [1.807, 2.05) is 0 Å². The van der Waals surface area contributed by atoms with Crippen LogP contribution in [0.25, 0.3) is 0 Å². The van der Waals surface area contributed by atoms with Gasteiger partial charge in [0.2, 0.25) is 0 Å². The first kappa shape index (κ1) is 12.6. The fourth-order valence-electron chi connectivity index (χ4n) is 0.987. The van der Waals surface area contributed by atoms with Crippen LogP contribution >= 0.6 is 0 Å². The van der Waals surface area contributed by atoms with Gasteiger partial charge in [0, 0.05) is 5.54 Å². The molecule has 0 saturated carbocycles. The maximum Gasteiger partial charge on any atom is 0.0125 e. The summed E-state index contributed by atoms with van der Waals surface area (Å²) in [4.78, 5) is 2.49. The smallest absolute Gasteiger partial charge is 0.0125 e. The molecule has 0 N–H and O–H groups in total. The molecule has 1 nitrogen and oxygen atoms in total. The molecule has 0 amide bonds. The number of hydrogen-bond donors (Lipinski definition) is 0. The lowest BCUT2D eigenvalue weighted by molar-refractivity contribution is 0.0690. The van der Waals surface area contributed by atoms with Crippen LogP contribution in [-0.4, -0.2) is 23.5 Å².